The summed E-state index contributed by atoms with van der Waals surface area (Å²) in [7, 11) is 0. The van der Waals surface area contributed by atoms with Crippen LogP contribution >= 0.6 is 0 Å². The van der Waals surface area contributed by atoms with E-state index in [9.17, 15) is 0 Å². The van der Waals surface area contributed by atoms with Gasteiger partial charge < -0.3 is 5.73 Å². The first kappa shape index (κ1) is 12.3. The Balaban J connectivity index is 2.14. The summed E-state index contributed by atoms with van der Waals surface area (Å²) in [4.78, 5) is 7.97. The van der Waals surface area contributed by atoms with Gasteiger partial charge >= 0.3 is 0 Å². The second-order valence-corrected chi connectivity index (χ2v) is 4.49. The Morgan fingerprint density at radius 1 is 1.06 bits per heavy atom. The lowest BCUT2D eigenvalue weighted by Crippen LogP contribution is -1.94. The summed E-state index contributed by atoms with van der Waals surface area (Å²) in [5.74, 6) is 0.858. The van der Waals surface area contributed by atoms with Gasteiger partial charge in [0.25, 0.3) is 0 Å². The monoisotopic (exact) mass is 239 g/mol. The minimum atomic E-state index is 0.298. The molecule has 0 fully saturated rings. The van der Waals surface area contributed by atoms with Crippen LogP contribution in [0.1, 0.15) is 36.6 Å². The minimum absolute atomic E-state index is 0.298. The van der Waals surface area contributed by atoms with Crippen molar-refractivity contribution in [1.29, 1.82) is 0 Å². The van der Waals surface area contributed by atoms with Crippen molar-refractivity contribution < 1.29 is 0 Å². The van der Waals surface area contributed by atoms with E-state index in [4.69, 9.17) is 5.73 Å². The van der Waals surface area contributed by atoms with Crippen LogP contribution in [-0.2, 0) is 0 Å². The van der Waals surface area contributed by atoms with Gasteiger partial charge in [0.2, 0.25) is 5.95 Å². The van der Waals surface area contributed by atoms with Gasteiger partial charge in [-0.25, -0.2) is 9.97 Å². The molecule has 0 saturated carbocycles. The van der Waals surface area contributed by atoms with Crippen molar-refractivity contribution in [3.8, 4) is 0 Å². The highest BCUT2D eigenvalue weighted by Gasteiger charge is 1.97. The molecular formula is C15H17N3. The number of nitrogen functional groups attached to an aromatic ring is 1. The second kappa shape index (κ2) is 5.45. The molecule has 0 aliphatic carbocycles. The Morgan fingerprint density at radius 3 is 2.39 bits per heavy atom. The highest BCUT2D eigenvalue weighted by Crippen LogP contribution is 2.15. The molecule has 0 atom stereocenters. The average molecular weight is 239 g/mol. The largest absolute Gasteiger partial charge is 0.368 e. The number of benzene rings is 1. The number of rotatable bonds is 3. The quantitative estimate of drug-likeness (QED) is 0.893. The molecule has 2 rings (SSSR count). The second-order valence-electron chi connectivity index (χ2n) is 4.49. The van der Waals surface area contributed by atoms with E-state index in [0.717, 1.165) is 11.3 Å². The predicted molar refractivity (Wildman–Crippen MR) is 75.9 cm³/mol. The van der Waals surface area contributed by atoms with Crippen molar-refractivity contribution in [2.24, 2.45) is 0 Å². The fourth-order valence-electron chi connectivity index (χ4n) is 1.65. The van der Waals surface area contributed by atoms with E-state index >= 15 is 0 Å². The molecule has 2 aromatic rings. The molecule has 0 aliphatic heterocycles. The SMILES string of the molecule is CC(C)c1ccc(/C=C/c2ccnc(N)n2)cc1. The maximum atomic E-state index is 5.52. The highest BCUT2D eigenvalue weighted by atomic mass is 15.0. The van der Waals surface area contributed by atoms with Gasteiger partial charge in [-0.2, -0.15) is 0 Å². The minimum Gasteiger partial charge on any atom is -0.368 e. The molecule has 0 radical (unpaired) electrons. The molecule has 0 aliphatic rings. The highest BCUT2D eigenvalue weighted by molar-refractivity contribution is 5.68. The first-order chi connectivity index (χ1) is 8.65. The molecule has 92 valence electrons. The van der Waals surface area contributed by atoms with Gasteiger partial charge in [-0.1, -0.05) is 44.2 Å². The lowest BCUT2D eigenvalue weighted by molar-refractivity contribution is 0.866. The fourth-order valence-corrected chi connectivity index (χ4v) is 1.65. The van der Waals surface area contributed by atoms with E-state index in [1.165, 1.54) is 5.56 Å². The summed E-state index contributed by atoms with van der Waals surface area (Å²) in [5.41, 5.74) is 8.84. The number of aromatic nitrogens is 2. The first-order valence-electron chi connectivity index (χ1n) is 6.02. The van der Waals surface area contributed by atoms with Crippen molar-refractivity contribution >= 4 is 18.1 Å². The lowest BCUT2D eigenvalue weighted by Gasteiger charge is -2.04. The van der Waals surface area contributed by atoms with Crippen molar-refractivity contribution in [2.45, 2.75) is 19.8 Å². The van der Waals surface area contributed by atoms with Gasteiger partial charge in [0, 0.05) is 6.20 Å². The zero-order valence-electron chi connectivity index (χ0n) is 10.7. The van der Waals surface area contributed by atoms with Crippen LogP contribution in [0.5, 0.6) is 0 Å². The lowest BCUT2D eigenvalue weighted by atomic mass is 10.0. The van der Waals surface area contributed by atoms with Gasteiger partial charge in [-0.05, 0) is 29.2 Å². The number of nitrogens with zero attached hydrogens (tertiary/aromatic N) is 2. The summed E-state index contributed by atoms with van der Waals surface area (Å²) in [6, 6.07) is 10.3. The van der Waals surface area contributed by atoms with Gasteiger partial charge in [-0.3, -0.25) is 0 Å². The number of nitrogens with two attached hydrogens (primary N) is 1. The summed E-state index contributed by atoms with van der Waals surface area (Å²) in [6.45, 7) is 4.38. The standard InChI is InChI=1S/C15H17N3/c1-11(2)13-6-3-12(4-7-13)5-8-14-9-10-17-15(16)18-14/h3-11H,1-2H3,(H2,16,17,18)/b8-5+. The number of hydrogen-bond donors (Lipinski definition) is 1. The molecule has 0 saturated heterocycles. The Bertz CT molecular complexity index is 542. The van der Waals surface area contributed by atoms with E-state index in [1.807, 2.05) is 18.2 Å². The van der Waals surface area contributed by atoms with Gasteiger partial charge in [0.1, 0.15) is 0 Å². The third kappa shape index (κ3) is 3.17. The normalized spacial score (nSPS) is 11.3. The van der Waals surface area contributed by atoms with E-state index in [0.29, 0.717) is 11.9 Å². The summed E-state index contributed by atoms with van der Waals surface area (Å²) in [5, 5.41) is 0. The Labute approximate surface area is 107 Å². The van der Waals surface area contributed by atoms with Gasteiger partial charge in [0.15, 0.2) is 0 Å². The van der Waals surface area contributed by atoms with E-state index in [-0.39, 0.29) is 0 Å². The molecule has 3 nitrogen and oxygen atoms in total. The summed E-state index contributed by atoms with van der Waals surface area (Å²) >= 11 is 0. The molecule has 1 aromatic heterocycles. The molecule has 0 bridgehead atoms. The van der Waals surface area contributed by atoms with Crippen LogP contribution in [0.4, 0.5) is 5.95 Å². The number of anilines is 1. The maximum absolute atomic E-state index is 5.52. The van der Waals surface area contributed by atoms with Crippen molar-refractivity contribution in [1.82, 2.24) is 9.97 Å². The molecule has 0 spiro atoms. The van der Waals surface area contributed by atoms with Crippen LogP contribution in [0.3, 0.4) is 0 Å². The molecule has 0 amide bonds. The molecule has 3 heteroatoms. The third-order valence-corrected chi connectivity index (χ3v) is 2.75. The van der Waals surface area contributed by atoms with Crippen LogP contribution in [0.25, 0.3) is 12.2 Å². The average Bonchev–Trinajstić information content (AvgIpc) is 2.37. The van der Waals surface area contributed by atoms with Crippen LogP contribution in [0.15, 0.2) is 36.5 Å². The van der Waals surface area contributed by atoms with Crippen molar-refractivity contribution in [3.05, 3.63) is 53.3 Å². The maximum Gasteiger partial charge on any atom is 0.220 e. The first-order valence-corrected chi connectivity index (χ1v) is 6.02. The van der Waals surface area contributed by atoms with Crippen LogP contribution < -0.4 is 5.73 Å². The van der Waals surface area contributed by atoms with Crippen LogP contribution in [0, 0.1) is 0 Å². The van der Waals surface area contributed by atoms with Gasteiger partial charge in [0.05, 0.1) is 5.69 Å². The molecule has 1 heterocycles. The van der Waals surface area contributed by atoms with E-state index in [1.54, 1.807) is 6.20 Å². The molecule has 2 N–H and O–H groups in total. The van der Waals surface area contributed by atoms with E-state index in [2.05, 4.69) is 48.1 Å². The Kier molecular flexibility index (Phi) is 3.72. The fraction of sp³-hybridized carbons (Fsp3) is 0.200. The predicted octanol–water partition coefficient (Wildman–Crippen LogP) is 3.35. The van der Waals surface area contributed by atoms with E-state index < -0.39 is 0 Å². The molecular weight excluding hydrogens is 222 g/mol. The van der Waals surface area contributed by atoms with Gasteiger partial charge in [-0.15, -0.1) is 0 Å². The van der Waals surface area contributed by atoms with Crippen LogP contribution in [-0.4, -0.2) is 9.97 Å². The number of hydrogen-bond acceptors (Lipinski definition) is 3. The summed E-state index contributed by atoms with van der Waals surface area (Å²) < 4.78 is 0. The Morgan fingerprint density at radius 2 is 1.78 bits per heavy atom. The summed E-state index contributed by atoms with van der Waals surface area (Å²) in [6.07, 6.45) is 5.61. The molecule has 0 unspecified atom stereocenters. The zero-order valence-corrected chi connectivity index (χ0v) is 10.7. The Hall–Kier alpha value is -2.16. The van der Waals surface area contributed by atoms with Crippen molar-refractivity contribution in [3.63, 3.8) is 0 Å². The zero-order chi connectivity index (χ0) is 13.0. The van der Waals surface area contributed by atoms with Crippen molar-refractivity contribution in [2.75, 3.05) is 5.73 Å². The van der Waals surface area contributed by atoms with Crippen LogP contribution in [0.2, 0.25) is 0 Å². The molecule has 1 aromatic carbocycles. The third-order valence-electron chi connectivity index (χ3n) is 2.75. The topological polar surface area (TPSA) is 51.8 Å². The molecule has 18 heavy (non-hydrogen) atoms. The smallest absolute Gasteiger partial charge is 0.220 e.